The fourth-order valence-electron chi connectivity index (χ4n) is 0.977. The van der Waals surface area contributed by atoms with Crippen LogP contribution >= 0.6 is 0 Å². The van der Waals surface area contributed by atoms with E-state index < -0.39 is 0 Å². The van der Waals surface area contributed by atoms with Crippen molar-refractivity contribution in [3.05, 3.63) is 0 Å². The predicted octanol–water partition coefficient (Wildman–Crippen LogP) is -0.255. The number of nitrogens with zero attached hydrogens (tertiary/aromatic N) is 2. The molecule has 0 atom stereocenters. The maximum absolute atomic E-state index is 11.2. The number of amides is 1. The molecule has 0 fully saturated rings. The lowest BCUT2D eigenvalue weighted by Crippen LogP contribution is -2.34. The van der Waals surface area contributed by atoms with Crippen LogP contribution < -0.4 is 5.73 Å². The van der Waals surface area contributed by atoms with E-state index >= 15 is 0 Å². The van der Waals surface area contributed by atoms with Crippen LogP contribution in [0.4, 0.5) is 0 Å². The van der Waals surface area contributed by atoms with E-state index in [0.29, 0.717) is 6.54 Å². The van der Waals surface area contributed by atoms with E-state index in [2.05, 4.69) is 0 Å². The molecule has 13 heavy (non-hydrogen) atoms. The smallest absolute Gasteiger partial charge is 0.236 e. The number of hydrogen-bond donors (Lipinski definition) is 1. The summed E-state index contributed by atoms with van der Waals surface area (Å²) in [6, 6.07) is 0. The first-order valence-electron chi connectivity index (χ1n) is 4.66. The molecule has 0 radical (unpaired) electrons. The minimum Gasteiger partial charge on any atom is -0.348 e. The zero-order valence-corrected chi connectivity index (χ0v) is 8.92. The quantitative estimate of drug-likeness (QED) is 0.583. The molecule has 1 amide bonds. The summed E-state index contributed by atoms with van der Waals surface area (Å²) in [5, 5.41) is 0. The van der Waals surface area contributed by atoms with Gasteiger partial charge in [-0.15, -0.1) is 0 Å². The zero-order chi connectivity index (χ0) is 10.3. The Hall–Kier alpha value is -0.610. The van der Waals surface area contributed by atoms with Crippen LogP contribution in [0.3, 0.4) is 0 Å². The molecule has 0 saturated carbocycles. The second-order valence-corrected chi connectivity index (χ2v) is 3.52. The van der Waals surface area contributed by atoms with Crippen LogP contribution in [0.25, 0.3) is 0 Å². The van der Waals surface area contributed by atoms with Gasteiger partial charge in [0.05, 0.1) is 6.54 Å². The molecule has 0 spiro atoms. The fraction of sp³-hybridized carbons (Fsp3) is 0.889. The molecular weight excluding hydrogens is 166 g/mol. The number of likely N-dealkylation sites (N-methyl/N-ethyl adjacent to an activating group) is 2. The van der Waals surface area contributed by atoms with Crippen LogP contribution in [-0.4, -0.2) is 56.5 Å². The predicted molar refractivity (Wildman–Crippen MR) is 54.5 cm³/mol. The van der Waals surface area contributed by atoms with Crippen molar-refractivity contribution in [2.24, 2.45) is 5.73 Å². The van der Waals surface area contributed by atoms with Crippen LogP contribution in [-0.2, 0) is 4.79 Å². The number of carbonyl (C=O) groups excluding carboxylic acids is 1. The normalized spacial score (nSPS) is 10.5. The molecule has 0 aliphatic rings. The topological polar surface area (TPSA) is 49.6 Å². The molecule has 0 aromatic rings. The lowest BCUT2D eigenvalue weighted by atomic mass is 10.3. The molecule has 78 valence electrons. The molecule has 0 unspecified atom stereocenters. The van der Waals surface area contributed by atoms with Gasteiger partial charge in [0.25, 0.3) is 0 Å². The average Bonchev–Trinajstić information content (AvgIpc) is 2.04. The van der Waals surface area contributed by atoms with E-state index in [1.54, 1.807) is 19.0 Å². The maximum atomic E-state index is 11.2. The molecule has 0 rings (SSSR count). The minimum absolute atomic E-state index is 0.148. The molecule has 4 heteroatoms. The maximum Gasteiger partial charge on any atom is 0.236 e. The highest BCUT2D eigenvalue weighted by atomic mass is 16.2. The molecule has 0 saturated heterocycles. The van der Waals surface area contributed by atoms with Crippen molar-refractivity contribution >= 4 is 5.91 Å². The summed E-state index contributed by atoms with van der Waals surface area (Å²) in [5.41, 5.74) is 5.37. The van der Waals surface area contributed by atoms with Crippen LogP contribution in [0.5, 0.6) is 0 Å². The SMILES string of the molecule is CN(CCCCN)CC(=O)N(C)C. The van der Waals surface area contributed by atoms with Crippen molar-refractivity contribution in [3.63, 3.8) is 0 Å². The highest BCUT2D eigenvalue weighted by Gasteiger charge is 2.06. The van der Waals surface area contributed by atoms with Crippen molar-refractivity contribution in [1.29, 1.82) is 0 Å². The van der Waals surface area contributed by atoms with Gasteiger partial charge in [-0.25, -0.2) is 0 Å². The molecule has 0 aliphatic heterocycles. The molecule has 0 bridgehead atoms. The van der Waals surface area contributed by atoms with E-state index in [0.717, 1.165) is 25.9 Å². The Kier molecular flexibility index (Phi) is 6.54. The van der Waals surface area contributed by atoms with Gasteiger partial charge in [0.1, 0.15) is 0 Å². The molecule has 4 nitrogen and oxygen atoms in total. The first-order valence-corrected chi connectivity index (χ1v) is 4.66. The molecule has 0 heterocycles. The van der Waals surface area contributed by atoms with Crippen molar-refractivity contribution in [3.8, 4) is 0 Å². The van der Waals surface area contributed by atoms with E-state index in [1.165, 1.54) is 0 Å². The highest BCUT2D eigenvalue weighted by Crippen LogP contribution is 1.92. The fourth-order valence-corrected chi connectivity index (χ4v) is 0.977. The van der Waals surface area contributed by atoms with Crippen molar-refractivity contribution in [1.82, 2.24) is 9.80 Å². The van der Waals surface area contributed by atoms with Gasteiger partial charge in [-0.3, -0.25) is 9.69 Å². The van der Waals surface area contributed by atoms with Gasteiger partial charge < -0.3 is 10.6 Å². The molecule has 2 N–H and O–H groups in total. The standard InChI is InChI=1S/C9H21N3O/c1-11(2)9(13)8-12(3)7-5-4-6-10/h4-8,10H2,1-3H3. The largest absolute Gasteiger partial charge is 0.348 e. The summed E-state index contributed by atoms with van der Waals surface area (Å²) >= 11 is 0. The lowest BCUT2D eigenvalue weighted by Gasteiger charge is -2.18. The van der Waals surface area contributed by atoms with Gasteiger partial charge in [-0.2, -0.15) is 0 Å². The van der Waals surface area contributed by atoms with Gasteiger partial charge in [-0.1, -0.05) is 0 Å². The third kappa shape index (κ3) is 6.54. The second kappa shape index (κ2) is 6.86. The third-order valence-corrected chi connectivity index (χ3v) is 1.90. The number of hydrogen-bond acceptors (Lipinski definition) is 3. The van der Waals surface area contributed by atoms with Crippen LogP contribution in [0, 0.1) is 0 Å². The van der Waals surface area contributed by atoms with E-state index in [1.807, 2.05) is 11.9 Å². The van der Waals surface area contributed by atoms with Gasteiger partial charge in [0.15, 0.2) is 0 Å². The van der Waals surface area contributed by atoms with Crippen molar-refractivity contribution in [2.75, 3.05) is 40.8 Å². The van der Waals surface area contributed by atoms with Crippen LogP contribution in [0.1, 0.15) is 12.8 Å². The van der Waals surface area contributed by atoms with Gasteiger partial charge in [0, 0.05) is 14.1 Å². The average molecular weight is 187 g/mol. The summed E-state index contributed by atoms with van der Waals surface area (Å²) < 4.78 is 0. The summed E-state index contributed by atoms with van der Waals surface area (Å²) in [4.78, 5) is 14.9. The third-order valence-electron chi connectivity index (χ3n) is 1.90. The Bertz CT molecular complexity index is 148. The highest BCUT2D eigenvalue weighted by molar-refractivity contribution is 5.77. The Morgan fingerprint density at radius 3 is 2.31 bits per heavy atom. The summed E-state index contributed by atoms with van der Waals surface area (Å²) in [7, 11) is 5.50. The van der Waals surface area contributed by atoms with Crippen LogP contribution in [0.2, 0.25) is 0 Å². The monoisotopic (exact) mass is 187 g/mol. The molecule has 0 aromatic carbocycles. The number of rotatable bonds is 6. The molecule has 0 aromatic heterocycles. The minimum atomic E-state index is 0.148. The summed E-state index contributed by atoms with van der Waals surface area (Å²) in [6.45, 7) is 2.17. The van der Waals surface area contributed by atoms with E-state index in [4.69, 9.17) is 5.73 Å². The Balaban J connectivity index is 3.50. The Morgan fingerprint density at radius 1 is 1.23 bits per heavy atom. The van der Waals surface area contributed by atoms with Gasteiger partial charge in [-0.05, 0) is 33.0 Å². The lowest BCUT2D eigenvalue weighted by molar-refractivity contribution is -0.129. The number of carbonyl (C=O) groups is 1. The molecular formula is C9H21N3O. The van der Waals surface area contributed by atoms with E-state index in [-0.39, 0.29) is 5.91 Å². The van der Waals surface area contributed by atoms with Crippen molar-refractivity contribution in [2.45, 2.75) is 12.8 Å². The van der Waals surface area contributed by atoms with Crippen LogP contribution in [0.15, 0.2) is 0 Å². The first kappa shape index (κ1) is 12.4. The molecule has 0 aliphatic carbocycles. The Labute approximate surface area is 80.7 Å². The zero-order valence-electron chi connectivity index (χ0n) is 8.92. The second-order valence-electron chi connectivity index (χ2n) is 3.52. The number of nitrogens with two attached hydrogens (primary N) is 1. The first-order chi connectivity index (χ1) is 6.07. The summed E-state index contributed by atoms with van der Waals surface area (Å²) in [5.74, 6) is 0.148. The van der Waals surface area contributed by atoms with E-state index in [9.17, 15) is 4.79 Å². The van der Waals surface area contributed by atoms with Gasteiger partial charge >= 0.3 is 0 Å². The summed E-state index contributed by atoms with van der Waals surface area (Å²) in [6.07, 6.45) is 2.09. The number of unbranched alkanes of at least 4 members (excludes halogenated alkanes) is 1. The Morgan fingerprint density at radius 2 is 1.85 bits per heavy atom. The van der Waals surface area contributed by atoms with Gasteiger partial charge in [0.2, 0.25) is 5.91 Å². The van der Waals surface area contributed by atoms with Crippen molar-refractivity contribution < 1.29 is 4.79 Å².